The van der Waals surface area contributed by atoms with E-state index < -0.39 is 15.9 Å². The van der Waals surface area contributed by atoms with E-state index in [2.05, 4.69) is 0 Å². The van der Waals surface area contributed by atoms with Crippen LogP contribution >= 0.6 is 0 Å². The van der Waals surface area contributed by atoms with E-state index in [-0.39, 0.29) is 29.8 Å². The lowest BCUT2D eigenvalue weighted by Gasteiger charge is -2.24. The number of hydrogen-bond donors (Lipinski definition) is 0. The molecule has 1 aliphatic heterocycles. The number of methoxy groups -OCH3 is 2. The first-order valence-corrected chi connectivity index (χ1v) is 11.3. The monoisotopic (exact) mass is 432 g/mol. The maximum atomic E-state index is 13.2. The Hall–Kier alpha value is -2.58. The van der Waals surface area contributed by atoms with Crippen molar-refractivity contribution in [3.05, 3.63) is 54.1 Å². The Morgan fingerprint density at radius 3 is 2.40 bits per heavy atom. The molecule has 2 atom stereocenters. The lowest BCUT2D eigenvalue weighted by Crippen LogP contribution is -2.37. The number of carbonyl (C=O) groups excluding carboxylic acids is 1. The van der Waals surface area contributed by atoms with Crippen molar-refractivity contribution in [1.29, 1.82) is 0 Å². The smallest absolute Gasteiger partial charge is 0.243 e. The lowest BCUT2D eigenvalue weighted by molar-refractivity contribution is -0.133. The first kappa shape index (κ1) is 22.1. The van der Waals surface area contributed by atoms with E-state index in [4.69, 9.17) is 9.47 Å². The standard InChI is InChI=1S/C22H28N2O5S/c1-5-23(2)22(25)20-15-24(30(26,27)17-9-7-6-8-10-17)14-19(20)18-13-16(28-3)11-12-21(18)29-4/h6-13,19-20H,5,14-15H2,1-4H3. The number of benzene rings is 2. The number of nitrogens with zero attached hydrogens (tertiary/aromatic N) is 2. The average molecular weight is 433 g/mol. The van der Waals surface area contributed by atoms with Gasteiger partial charge in [0.1, 0.15) is 11.5 Å². The highest BCUT2D eigenvalue weighted by Crippen LogP contribution is 2.41. The van der Waals surface area contributed by atoms with Gasteiger partial charge in [-0.15, -0.1) is 0 Å². The van der Waals surface area contributed by atoms with Crippen molar-refractivity contribution in [2.24, 2.45) is 5.92 Å². The van der Waals surface area contributed by atoms with E-state index in [9.17, 15) is 13.2 Å². The first-order chi connectivity index (χ1) is 14.3. The van der Waals surface area contributed by atoms with Gasteiger partial charge in [-0.25, -0.2) is 8.42 Å². The number of sulfonamides is 1. The van der Waals surface area contributed by atoms with E-state index >= 15 is 0 Å². The Kier molecular flexibility index (Phi) is 6.67. The summed E-state index contributed by atoms with van der Waals surface area (Å²) in [6.45, 7) is 2.75. The van der Waals surface area contributed by atoms with Crippen LogP contribution in [0, 0.1) is 5.92 Å². The van der Waals surface area contributed by atoms with Gasteiger partial charge in [-0.2, -0.15) is 4.31 Å². The molecule has 2 aromatic rings. The van der Waals surface area contributed by atoms with Crippen LogP contribution < -0.4 is 9.47 Å². The highest BCUT2D eigenvalue weighted by molar-refractivity contribution is 7.89. The number of ether oxygens (including phenoxy) is 2. The summed E-state index contributed by atoms with van der Waals surface area (Å²) in [7, 11) is 1.14. The van der Waals surface area contributed by atoms with Gasteiger partial charge in [0.2, 0.25) is 15.9 Å². The van der Waals surface area contributed by atoms with Gasteiger partial charge in [-0.05, 0) is 37.3 Å². The minimum Gasteiger partial charge on any atom is -0.497 e. The maximum absolute atomic E-state index is 13.2. The summed E-state index contributed by atoms with van der Waals surface area (Å²) in [4.78, 5) is 15.0. The van der Waals surface area contributed by atoms with Crippen LogP contribution in [0.5, 0.6) is 11.5 Å². The summed E-state index contributed by atoms with van der Waals surface area (Å²) < 4.78 is 38.8. The second kappa shape index (κ2) is 9.06. The molecule has 0 N–H and O–H groups in total. The van der Waals surface area contributed by atoms with Gasteiger partial charge in [-0.1, -0.05) is 18.2 Å². The second-order valence-electron chi connectivity index (χ2n) is 7.31. The maximum Gasteiger partial charge on any atom is 0.243 e. The summed E-state index contributed by atoms with van der Waals surface area (Å²) in [5.41, 5.74) is 0.769. The molecule has 0 radical (unpaired) electrons. The molecular weight excluding hydrogens is 404 g/mol. The fourth-order valence-electron chi connectivity index (χ4n) is 3.84. The van der Waals surface area contributed by atoms with Crippen molar-refractivity contribution < 1.29 is 22.7 Å². The Morgan fingerprint density at radius 2 is 1.80 bits per heavy atom. The summed E-state index contributed by atoms with van der Waals surface area (Å²) in [6, 6.07) is 13.7. The predicted molar refractivity (Wildman–Crippen MR) is 114 cm³/mol. The first-order valence-electron chi connectivity index (χ1n) is 9.85. The largest absolute Gasteiger partial charge is 0.497 e. The Labute approximate surface area is 178 Å². The molecule has 162 valence electrons. The van der Waals surface area contributed by atoms with Gasteiger partial charge < -0.3 is 14.4 Å². The third-order valence-electron chi connectivity index (χ3n) is 5.67. The molecule has 1 amide bonds. The van der Waals surface area contributed by atoms with Crippen LogP contribution in [-0.4, -0.2) is 64.4 Å². The van der Waals surface area contributed by atoms with Crippen molar-refractivity contribution in [3.8, 4) is 11.5 Å². The Morgan fingerprint density at radius 1 is 1.10 bits per heavy atom. The fourth-order valence-corrected chi connectivity index (χ4v) is 5.35. The van der Waals surface area contributed by atoms with Crippen molar-refractivity contribution in [2.45, 2.75) is 17.7 Å². The van der Waals surface area contributed by atoms with Crippen LogP contribution in [0.15, 0.2) is 53.4 Å². The number of hydrogen-bond acceptors (Lipinski definition) is 5. The van der Waals surface area contributed by atoms with Crippen molar-refractivity contribution >= 4 is 15.9 Å². The molecule has 1 fully saturated rings. The third kappa shape index (κ3) is 4.15. The van der Waals surface area contributed by atoms with E-state index in [0.29, 0.717) is 18.0 Å². The molecule has 0 bridgehead atoms. The molecule has 2 unspecified atom stereocenters. The van der Waals surface area contributed by atoms with Gasteiger partial charge in [0.25, 0.3) is 0 Å². The highest BCUT2D eigenvalue weighted by Gasteiger charge is 2.45. The molecule has 30 heavy (non-hydrogen) atoms. The van der Waals surface area contributed by atoms with Crippen LogP contribution in [0.2, 0.25) is 0 Å². The molecule has 7 nitrogen and oxygen atoms in total. The van der Waals surface area contributed by atoms with Gasteiger partial charge in [0, 0.05) is 38.2 Å². The normalized spacial score (nSPS) is 19.5. The molecule has 1 saturated heterocycles. The molecule has 0 aliphatic carbocycles. The molecule has 3 rings (SSSR count). The van der Waals surface area contributed by atoms with E-state index in [0.717, 1.165) is 5.56 Å². The van der Waals surface area contributed by atoms with E-state index in [1.54, 1.807) is 68.6 Å². The minimum atomic E-state index is -3.72. The molecule has 0 saturated carbocycles. The molecule has 8 heteroatoms. The zero-order valence-corrected chi connectivity index (χ0v) is 18.6. The second-order valence-corrected chi connectivity index (χ2v) is 9.25. The molecular formula is C22H28N2O5S. The molecule has 1 aliphatic rings. The highest BCUT2D eigenvalue weighted by atomic mass is 32.2. The van der Waals surface area contributed by atoms with Crippen molar-refractivity contribution in [1.82, 2.24) is 9.21 Å². The minimum absolute atomic E-state index is 0.0851. The van der Waals surface area contributed by atoms with E-state index in [1.165, 1.54) is 4.31 Å². The number of carbonyl (C=O) groups is 1. The third-order valence-corrected chi connectivity index (χ3v) is 7.52. The van der Waals surface area contributed by atoms with Crippen LogP contribution in [0.3, 0.4) is 0 Å². The van der Waals surface area contributed by atoms with Crippen LogP contribution in [0.4, 0.5) is 0 Å². The zero-order valence-electron chi connectivity index (χ0n) is 17.7. The van der Waals surface area contributed by atoms with Gasteiger partial charge >= 0.3 is 0 Å². The summed E-state index contributed by atoms with van der Waals surface area (Å²) in [5, 5.41) is 0. The summed E-state index contributed by atoms with van der Waals surface area (Å²) >= 11 is 0. The van der Waals surface area contributed by atoms with Gasteiger partial charge in [0.05, 0.1) is 25.0 Å². The van der Waals surface area contributed by atoms with Crippen molar-refractivity contribution in [3.63, 3.8) is 0 Å². The zero-order chi connectivity index (χ0) is 21.9. The van der Waals surface area contributed by atoms with Crippen LogP contribution in [0.1, 0.15) is 18.4 Å². The van der Waals surface area contributed by atoms with Gasteiger partial charge in [0.15, 0.2) is 0 Å². The fraction of sp³-hybridized carbons (Fsp3) is 0.409. The molecule has 0 spiro atoms. The van der Waals surface area contributed by atoms with E-state index in [1.807, 2.05) is 13.0 Å². The average Bonchev–Trinajstić information content (AvgIpc) is 3.24. The number of rotatable bonds is 7. The SMILES string of the molecule is CCN(C)C(=O)C1CN(S(=O)(=O)c2ccccc2)CC1c1cc(OC)ccc1OC. The molecule has 0 aromatic heterocycles. The van der Waals surface area contributed by atoms with Crippen LogP contribution in [0.25, 0.3) is 0 Å². The molecule has 2 aromatic carbocycles. The Balaban J connectivity index is 2.05. The van der Waals surface area contributed by atoms with Crippen LogP contribution in [-0.2, 0) is 14.8 Å². The molecule has 1 heterocycles. The summed E-state index contributed by atoms with van der Waals surface area (Å²) in [6.07, 6.45) is 0. The number of amides is 1. The summed E-state index contributed by atoms with van der Waals surface area (Å²) in [5.74, 6) is 0.282. The Bertz CT molecular complexity index is 994. The quantitative estimate of drug-likeness (QED) is 0.672. The predicted octanol–water partition coefficient (Wildman–Crippen LogP) is 2.59. The topological polar surface area (TPSA) is 76.2 Å². The van der Waals surface area contributed by atoms with Crippen molar-refractivity contribution in [2.75, 3.05) is 40.9 Å². The van der Waals surface area contributed by atoms with Gasteiger partial charge in [-0.3, -0.25) is 4.79 Å². The lowest BCUT2D eigenvalue weighted by atomic mass is 9.87.